The van der Waals surface area contributed by atoms with E-state index < -0.39 is 0 Å². The van der Waals surface area contributed by atoms with Crippen LogP contribution in [0.1, 0.15) is 21.5 Å². The van der Waals surface area contributed by atoms with Gasteiger partial charge in [-0.1, -0.05) is 15.9 Å². The second-order valence-corrected chi connectivity index (χ2v) is 3.53. The van der Waals surface area contributed by atoms with Gasteiger partial charge < -0.3 is 5.11 Å². The van der Waals surface area contributed by atoms with E-state index in [1.807, 2.05) is 6.07 Å². The SMILES string of the molecule is Cc1cc(Br)c(C)c(O)c1C=O. The Hall–Kier alpha value is -0.830. The molecule has 0 atom stereocenters. The summed E-state index contributed by atoms with van der Waals surface area (Å²) in [5.74, 6) is 0.0666. The fraction of sp³-hybridized carbons (Fsp3) is 0.222. The Balaban J connectivity index is 3.51. The van der Waals surface area contributed by atoms with Crippen molar-refractivity contribution in [2.75, 3.05) is 0 Å². The van der Waals surface area contributed by atoms with Crippen LogP contribution in [0.3, 0.4) is 0 Å². The van der Waals surface area contributed by atoms with Crippen LogP contribution in [-0.2, 0) is 0 Å². The number of aldehydes is 1. The molecule has 0 aromatic heterocycles. The summed E-state index contributed by atoms with van der Waals surface area (Å²) < 4.78 is 0.822. The number of aryl methyl sites for hydroxylation is 1. The molecule has 2 nitrogen and oxygen atoms in total. The molecule has 0 radical (unpaired) electrons. The standard InChI is InChI=1S/C9H9BrO2/c1-5-3-8(10)6(2)9(12)7(5)4-11/h3-4,12H,1-2H3. The summed E-state index contributed by atoms with van der Waals surface area (Å²) in [4.78, 5) is 10.5. The number of rotatable bonds is 1. The molecular weight excluding hydrogens is 220 g/mol. The van der Waals surface area contributed by atoms with Crippen LogP contribution in [0, 0.1) is 13.8 Å². The van der Waals surface area contributed by atoms with Crippen LogP contribution in [0.4, 0.5) is 0 Å². The molecule has 64 valence electrons. The molecule has 0 spiro atoms. The number of hydrogen-bond acceptors (Lipinski definition) is 2. The molecule has 3 heteroatoms. The van der Waals surface area contributed by atoms with Crippen molar-refractivity contribution >= 4 is 22.2 Å². The molecule has 0 fully saturated rings. The van der Waals surface area contributed by atoms with E-state index in [9.17, 15) is 9.90 Å². The molecule has 0 amide bonds. The summed E-state index contributed by atoms with van der Waals surface area (Å²) in [5.41, 5.74) is 1.85. The summed E-state index contributed by atoms with van der Waals surface area (Å²) in [7, 11) is 0. The van der Waals surface area contributed by atoms with Crippen LogP contribution in [0.25, 0.3) is 0 Å². The lowest BCUT2D eigenvalue weighted by Gasteiger charge is -2.06. The Morgan fingerprint density at radius 1 is 1.50 bits per heavy atom. The largest absolute Gasteiger partial charge is 0.507 e. The van der Waals surface area contributed by atoms with Crippen molar-refractivity contribution in [2.45, 2.75) is 13.8 Å². The molecule has 0 bridgehead atoms. The van der Waals surface area contributed by atoms with Gasteiger partial charge in [0.05, 0.1) is 5.56 Å². The molecular formula is C9H9BrO2. The number of aromatic hydroxyl groups is 1. The van der Waals surface area contributed by atoms with Gasteiger partial charge in [-0.15, -0.1) is 0 Å². The quantitative estimate of drug-likeness (QED) is 0.751. The highest BCUT2D eigenvalue weighted by atomic mass is 79.9. The van der Waals surface area contributed by atoms with E-state index in [2.05, 4.69) is 15.9 Å². The maximum atomic E-state index is 10.5. The maximum absolute atomic E-state index is 10.5. The van der Waals surface area contributed by atoms with Crippen molar-refractivity contribution in [3.05, 3.63) is 27.2 Å². The lowest BCUT2D eigenvalue weighted by molar-refractivity contribution is 0.112. The molecule has 0 saturated heterocycles. The van der Waals surface area contributed by atoms with Crippen LogP contribution in [0.15, 0.2) is 10.5 Å². The minimum Gasteiger partial charge on any atom is -0.507 e. The Morgan fingerprint density at radius 2 is 2.08 bits per heavy atom. The zero-order valence-corrected chi connectivity index (χ0v) is 8.47. The van der Waals surface area contributed by atoms with Crippen molar-refractivity contribution in [1.29, 1.82) is 0 Å². The molecule has 0 aliphatic carbocycles. The fourth-order valence-corrected chi connectivity index (χ4v) is 1.56. The van der Waals surface area contributed by atoms with Gasteiger partial charge in [-0.2, -0.15) is 0 Å². The summed E-state index contributed by atoms with van der Waals surface area (Å²) in [6.45, 7) is 3.54. The molecule has 1 rings (SSSR count). The van der Waals surface area contributed by atoms with Gasteiger partial charge >= 0.3 is 0 Å². The van der Waals surface area contributed by atoms with Crippen molar-refractivity contribution in [1.82, 2.24) is 0 Å². The first-order valence-electron chi connectivity index (χ1n) is 3.51. The molecule has 12 heavy (non-hydrogen) atoms. The van der Waals surface area contributed by atoms with Gasteiger partial charge in [-0.25, -0.2) is 0 Å². The predicted molar refractivity (Wildman–Crippen MR) is 50.7 cm³/mol. The molecule has 0 saturated carbocycles. The van der Waals surface area contributed by atoms with Crippen LogP contribution in [0.2, 0.25) is 0 Å². The first kappa shape index (κ1) is 9.26. The lowest BCUT2D eigenvalue weighted by atomic mass is 10.1. The van der Waals surface area contributed by atoms with Gasteiger partial charge in [0.2, 0.25) is 0 Å². The van der Waals surface area contributed by atoms with Crippen LogP contribution in [-0.4, -0.2) is 11.4 Å². The van der Waals surface area contributed by atoms with Crippen molar-refractivity contribution in [2.24, 2.45) is 0 Å². The van der Waals surface area contributed by atoms with E-state index >= 15 is 0 Å². The normalized spacial score (nSPS) is 9.92. The van der Waals surface area contributed by atoms with E-state index in [1.165, 1.54) is 0 Å². The Bertz CT molecular complexity index is 332. The highest BCUT2D eigenvalue weighted by Gasteiger charge is 2.09. The number of carbonyl (C=O) groups is 1. The Labute approximate surface area is 79.3 Å². The molecule has 1 aromatic carbocycles. The molecule has 0 heterocycles. The molecule has 0 unspecified atom stereocenters. The van der Waals surface area contributed by atoms with Gasteiger partial charge in [0.25, 0.3) is 0 Å². The average Bonchev–Trinajstić information content (AvgIpc) is 2.01. The monoisotopic (exact) mass is 228 g/mol. The van der Waals surface area contributed by atoms with Gasteiger partial charge in [-0.3, -0.25) is 4.79 Å². The molecule has 1 N–H and O–H groups in total. The first-order valence-corrected chi connectivity index (χ1v) is 4.31. The third kappa shape index (κ3) is 1.37. The van der Waals surface area contributed by atoms with Crippen LogP contribution >= 0.6 is 15.9 Å². The third-order valence-corrected chi connectivity index (χ3v) is 2.68. The summed E-state index contributed by atoms with van der Waals surface area (Å²) in [5, 5.41) is 9.50. The Kier molecular flexibility index (Phi) is 2.52. The van der Waals surface area contributed by atoms with Crippen molar-refractivity contribution in [3.63, 3.8) is 0 Å². The summed E-state index contributed by atoms with van der Waals surface area (Å²) >= 11 is 3.28. The Morgan fingerprint density at radius 3 is 2.58 bits per heavy atom. The zero-order valence-electron chi connectivity index (χ0n) is 6.89. The second kappa shape index (κ2) is 3.27. The summed E-state index contributed by atoms with van der Waals surface area (Å²) in [6, 6.07) is 1.82. The van der Waals surface area contributed by atoms with E-state index in [4.69, 9.17) is 0 Å². The topological polar surface area (TPSA) is 37.3 Å². The number of benzene rings is 1. The van der Waals surface area contributed by atoms with E-state index in [0.717, 1.165) is 10.0 Å². The highest BCUT2D eigenvalue weighted by Crippen LogP contribution is 2.30. The summed E-state index contributed by atoms with van der Waals surface area (Å²) in [6.07, 6.45) is 0.671. The fourth-order valence-electron chi connectivity index (χ4n) is 1.03. The number of carbonyl (C=O) groups excluding carboxylic acids is 1. The van der Waals surface area contributed by atoms with E-state index in [1.54, 1.807) is 13.8 Å². The van der Waals surface area contributed by atoms with Gasteiger partial charge in [0.15, 0.2) is 6.29 Å². The van der Waals surface area contributed by atoms with E-state index in [0.29, 0.717) is 17.4 Å². The smallest absolute Gasteiger partial charge is 0.154 e. The molecule has 0 aliphatic heterocycles. The van der Waals surface area contributed by atoms with Crippen LogP contribution in [0.5, 0.6) is 5.75 Å². The minimum atomic E-state index is 0.0666. The van der Waals surface area contributed by atoms with Gasteiger partial charge in [-0.05, 0) is 25.5 Å². The number of halogens is 1. The van der Waals surface area contributed by atoms with Gasteiger partial charge in [0, 0.05) is 10.0 Å². The molecule has 0 aliphatic rings. The van der Waals surface area contributed by atoms with Gasteiger partial charge in [0.1, 0.15) is 5.75 Å². The highest BCUT2D eigenvalue weighted by molar-refractivity contribution is 9.10. The first-order chi connectivity index (χ1) is 5.57. The predicted octanol–water partition coefficient (Wildman–Crippen LogP) is 2.58. The zero-order chi connectivity index (χ0) is 9.30. The van der Waals surface area contributed by atoms with Crippen LogP contribution < -0.4 is 0 Å². The lowest BCUT2D eigenvalue weighted by Crippen LogP contribution is -1.90. The van der Waals surface area contributed by atoms with Crippen molar-refractivity contribution in [3.8, 4) is 5.75 Å². The third-order valence-electron chi connectivity index (χ3n) is 1.85. The minimum absolute atomic E-state index is 0.0666. The maximum Gasteiger partial charge on any atom is 0.154 e. The van der Waals surface area contributed by atoms with Crippen molar-refractivity contribution < 1.29 is 9.90 Å². The number of phenolic OH excluding ortho intramolecular Hbond substituents is 1. The second-order valence-electron chi connectivity index (χ2n) is 2.68. The number of phenols is 1. The number of hydrogen-bond donors (Lipinski definition) is 1. The average molecular weight is 229 g/mol. The van der Waals surface area contributed by atoms with E-state index in [-0.39, 0.29) is 5.75 Å². The molecule has 1 aromatic rings.